The standard InChI is InChI=1S/C4H2O/c1-2-4-3-5-4/h1,3H. The Labute approximate surface area is 30.3 Å². The van der Waals surface area contributed by atoms with Crippen molar-refractivity contribution in [3.05, 3.63) is 12.0 Å². The first-order valence-corrected chi connectivity index (χ1v) is 1.27. The number of hydrogen-bond donors (Lipinski definition) is 0. The maximum atomic E-state index is 4.79. The van der Waals surface area contributed by atoms with E-state index in [2.05, 4.69) is 10.7 Å². The number of hydrogen-bond acceptors (Lipinski definition) is 1. The Bertz CT molecular complexity index is 105. The predicted molar refractivity (Wildman–Crippen MR) is 18.0 cm³/mol. The second-order valence-corrected chi connectivity index (χ2v) is 0.744. The molecule has 0 fully saturated rings. The van der Waals surface area contributed by atoms with Crippen molar-refractivity contribution < 1.29 is 4.74 Å². The first-order valence-electron chi connectivity index (χ1n) is 1.27. The van der Waals surface area contributed by atoms with Crippen LogP contribution in [0, 0.1) is 12.3 Å². The van der Waals surface area contributed by atoms with Gasteiger partial charge in [0.05, 0.1) is 0 Å². The molecule has 1 heteroatoms. The normalized spacial score (nSPS) is 14.6. The van der Waals surface area contributed by atoms with Gasteiger partial charge >= 0.3 is 0 Å². The minimum Gasteiger partial charge on any atom is -0.448 e. The minimum atomic E-state index is 0.657. The second kappa shape index (κ2) is 0.526. The summed E-state index contributed by atoms with van der Waals surface area (Å²) in [5.41, 5.74) is 0. The second-order valence-electron chi connectivity index (χ2n) is 0.744. The summed E-state index contributed by atoms with van der Waals surface area (Å²) in [7, 11) is 0. The lowest BCUT2D eigenvalue weighted by atomic mass is 10.7. The van der Waals surface area contributed by atoms with Crippen LogP contribution in [0.1, 0.15) is 0 Å². The summed E-state index contributed by atoms with van der Waals surface area (Å²) in [4.78, 5) is 0. The summed E-state index contributed by atoms with van der Waals surface area (Å²) >= 11 is 0. The SMILES string of the molecule is C#CC1=CO1. The average Bonchev–Trinajstić information content (AvgIpc) is 2.12. The monoisotopic (exact) mass is 66.0 g/mol. The van der Waals surface area contributed by atoms with Crippen molar-refractivity contribution in [3.63, 3.8) is 0 Å². The van der Waals surface area contributed by atoms with Gasteiger partial charge in [-0.05, 0) is 5.92 Å². The van der Waals surface area contributed by atoms with E-state index in [1.165, 1.54) is 6.26 Å². The van der Waals surface area contributed by atoms with Crippen molar-refractivity contribution in [1.82, 2.24) is 0 Å². The molecule has 0 saturated heterocycles. The summed E-state index contributed by atoms with van der Waals surface area (Å²) in [6.07, 6.45) is 6.32. The molecule has 0 bridgehead atoms. The van der Waals surface area contributed by atoms with E-state index >= 15 is 0 Å². The molecule has 0 saturated carbocycles. The van der Waals surface area contributed by atoms with Crippen molar-refractivity contribution in [2.24, 2.45) is 0 Å². The van der Waals surface area contributed by atoms with Crippen molar-refractivity contribution >= 4 is 0 Å². The van der Waals surface area contributed by atoms with Crippen LogP contribution in [0.25, 0.3) is 0 Å². The molecule has 0 spiro atoms. The minimum absolute atomic E-state index is 0.657. The molecule has 0 amide bonds. The van der Waals surface area contributed by atoms with E-state index in [0.29, 0.717) is 5.76 Å². The fraction of sp³-hybridized carbons (Fsp3) is 0. The van der Waals surface area contributed by atoms with Crippen LogP contribution >= 0.6 is 0 Å². The molecule has 1 heterocycles. The molecule has 1 aliphatic rings. The smallest absolute Gasteiger partial charge is 0.211 e. The Kier molecular flexibility index (Phi) is 0.246. The molecular formula is C4H2O. The van der Waals surface area contributed by atoms with Gasteiger partial charge in [0.25, 0.3) is 0 Å². The van der Waals surface area contributed by atoms with Gasteiger partial charge in [0.1, 0.15) is 6.26 Å². The summed E-state index contributed by atoms with van der Waals surface area (Å²) in [5.74, 6) is 2.94. The van der Waals surface area contributed by atoms with Crippen LogP contribution in [-0.2, 0) is 4.74 Å². The number of rotatable bonds is 0. The molecule has 0 aromatic heterocycles. The molecule has 5 heavy (non-hydrogen) atoms. The molecule has 0 radical (unpaired) electrons. The van der Waals surface area contributed by atoms with Gasteiger partial charge in [0, 0.05) is 0 Å². The topological polar surface area (TPSA) is 12.5 Å². The lowest BCUT2D eigenvalue weighted by Crippen LogP contribution is -1.42. The number of terminal acetylenes is 1. The highest BCUT2D eigenvalue weighted by Crippen LogP contribution is 2.08. The molecule has 1 rings (SSSR count). The van der Waals surface area contributed by atoms with Gasteiger partial charge in [0.15, 0.2) is 0 Å². The molecule has 1 nitrogen and oxygen atoms in total. The molecule has 0 N–H and O–H groups in total. The fourth-order valence-electron chi connectivity index (χ4n) is 0.0975. The van der Waals surface area contributed by atoms with E-state index in [9.17, 15) is 0 Å². The van der Waals surface area contributed by atoms with Gasteiger partial charge in [-0.1, -0.05) is 0 Å². The first kappa shape index (κ1) is 2.34. The Hall–Kier alpha value is -0.900. The van der Waals surface area contributed by atoms with E-state index in [4.69, 9.17) is 6.42 Å². The Balaban J connectivity index is 2.59. The van der Waals surface area contributed by atoms with Crippen LogP contribution < -0.4 is 0 Å². The lowest BCUT2D eigenvalue weighted by Gasteiger charge is -1.54. The van der Waals surface area contributed by atoms with Crippen LogP contribution in [0.5, 0.6) is 0 Å². The van der Waals surface area contributed by atoms with Crippen molar-refractivity contribution in [1.29, 1.82) is 0 Å². The Morgan fingerprint density at radius 1 is 2.00 bits per heavy atom. The predicted octanol–water partition coefficient (Wildman–Crippen LogP) is 0.491. The summed E-state index contributed by atoms with van der Waals surface area (Å²) < 4.78 is 4.41. The maximum absolute atomic E-state index is 4.79. The maximum Gasteiger partial charge on any atom is 0.211 e. The lowest BCUT2D eigenvalue weighted by molar-refractivity contribution is 0.520. The van der Waals surface area contributed by atoms with Gasteiger partial charge in [-0.25, -0.2) is 0 Å². The molecular weight excluding hydrogens is 64.0 g/mol. The van der Waals surface area contributed by atoms with E-state index in [1.54, 1.807) is 0 Å². The van der Waals surface area contributed by atoms with Gasteiger partial charge in [-0.15, -0.1) is 6.42 Å². The highest BCUT2D eigenvalue weighted by atomic mass is 16.5. The molecule has 0 atom stereocenters. The van der Waals surface area contributed by atoms with Gasteiger partial charge in [-0.3, -0.25) is 0 Å². The molecule has 0 aromatic carbocycles. The molecule has 1 aliphatic heterocycles. The van der Waals surface area contributed by atoms with Crippen LogP contribution in [0.3, 0.4) is 0 Å². The molecule has 0 aliphatic carbocycles. The Morgan fingerprint density at radius 2 is 2.60 bits per heavy atom. The van der Waals surface area contributed by atoms with E-state index in [-0.39, 0.29) is 0 Å². The van der Waals surface area contributed by atoms with Crippen molar-refractivity contribution in [2.45, 2.75) is 0 Å². The number of ether oxygens (including phenoxy) is 1. The van der Waals surface area contributed by atoms with Crippen molar-refractivity contribution in [3.8, 4) is 12.3 Å². The van der Waals surface area contributed by atoms with E-state index < -0.39 is 0 Å². The third kappa shape index (κ3) is 0.223. The van der Waals surface area contributed by atoms with Gasteiger partial charge in [0.2, 0.25) is 5.76 Å². The van der Waals surface area contributed by atoms with E-state index in [1.807, 2.05) is 0 Å². The summed E-state index contributed by atoms with van der Waals surface area (Å²) in [6.45, 7) is 0. The first-order chi connectivity index (χ1) is 2.43. The highest BCUT2D eigenvalue weighted by molar-refractivity contribution is 5.25. The Morgan fingerprint density at radius 3 is 2.60 bits per heavy atom. The summed E-state index contributed by atoms with van der Waals surface area (Å²) in [5, 5.41) is 0. The largest absolute Gasteiger partial charge is 0.448 e. The molecule has 24 valence electrons. The summed E-state index contributed by atoms with van der Waals surface area (Å²) in [6, 6.07) is 0. The van der Waals surface area contributed by atoms with Gasteiger partial charge < -0.3 is 4.74 Å². The quantitative estimate of drug-likeness (QED) is 0.375. The molecule has 0 aromatic rings. The third-order valence-electron chi connectivity index (χ3n) is 0.378. The van der Waals surface area contributed by atoms with Crippen LogP contribution in [0.4, 0.5) is 0 Å². The van der Waals surface area contributed by atoms with Gasteiger partial charge in [-0.2, -0.15) is 0 Å². The zero-order valence-corrected chi connectivity index (χ0v) is 2.56. The van der Waals surface area contributed by atoms with Crippen LogP contribution in [-0.4, -0.2) is 0 Å². The van der Waals surface area contributed by atoms with Crippen LogP contribution in [0.2, 0.25) is 0 Å². The van der Waals surface area contributed by atoms with E-state index in [0.717, 1.165) is 0 Å². The average molecular weight is 66.1 g/mol. The molecule has 0 unspecified atom stereocenters. The third-order valence-corrected chi connectivity index (χ3v) is 0.378. The number of allylic oxidation sites excluding steroid dienone is 1. The zero-order valence-electron chi connectivity index (χ0n) is 2.56. The van der Waals surface area contributed by atoms with Crippen LogP contribution in [0.15, 0.2) is 12.0 Å². The van der Waals surface area contributed by atoms with Crippen molar-refractivity contribution in [2.75, 3.05) is 0 Å². The highest BCUT2D eigenvalue weighted by Gasteiger charge is 2.01. The fourth-order valence-corrected chi connectivity index (χ4v) is 0.0975. The zero-order chi connectivity index (χ0) is 3.70.